The van der Waals surface area contributed by atoms with Gasteiger partial charge in [-0.1, -0.05) is 18.2 Å². The zero-order chi connectivity index (χ0) is 10.2. The number of hydrogen-bond donors (Lipinski definition) is 1. The van der Waals surface area contributed by atoms with Crippen LogP contribution in [0.1, 0.15) is 5.56 Å². The van der Waals surface area contributed by atoms with Crippen molar-refractivity contribution >= 4 is 15.4 Å². The minimum Gasteiger partial charge on any atom is -0.508 e. The van der Waals surface area contributed by atoms with Gasteiger partial charge in [-0.15, -0.1) is 0 Å². The van der Waals surface area contributed by atoms with Crippen LogP contribution in [-0.4, -0.2) is 25.0 Å². The van der Waals surface area contributed by atoms with Crippen molar-refractivity contribution in [3.8, 4) is 5.75 Å². The molecule has 0 unspecified atom stereocenters. The van der Waals surface area contributed by atoms with Gasteiger partial charge in [0.2, 0.25) is 0 Å². The molecule has 74 valence electrons. The lowest BCUT2D eigenvalue weighted by molar-refractivity contribution is 0.475. The van der Waals surface area contributed by atoms with E-state index in [0.29, 0.717) is 0 Å². The molecule has 0 amide bonds. The molecule has 0 radical (unpaired) electrons. The van der Waals surface area contributed by atoms with Crippen molar-refractivity contribution in [3.63, 3.8) is 0 Å². The van der Waals surface area contributed by atoms with Crippen LogP contribution in [0.3, 0.4) is 0 Å². The molecule has 3 nitrogen and oxygen atoms in total. The smallest absolute Gasteiger partial charge is 0.158 e. The van der Waals surface area contributed by atoms with E-state index in [9.17, 15) is 13.5 Å². The molecule has 0 spiro atoms. The minimum absolute atomic E-state index is 0.0798. The Hall–Kier alpha value is -1.29. The molecule has 0 atom stereocenters. The number of benzene rings is 1. The van der Waals surface area contributed by atoms with Crippen LogP contribution in [-0.2, 0) is 9.84 Å². The van der Waals surface area contributed by atoms with Gasteiger partial charge in [-0.3, -0.25) is 0 Å². The predicted octanol–water partition coefficient (Wildman–Crippen LogP) is 1.20. The number of phenols is 1. The van der Waals surface area contributed by atoms with Gasteiger partial charge >= 0.3 is 0 Å². The molecule has 0 bridgehead atoms. The molecule has 0 aromatic heterocycles. The maximum atomic E-state index is 11.2. The van der Waals surface area contributed by atoms with Crippen molar-refractivity contribution in [2.45, 2.75) is 0 Å². The largest absolute Gasteiger partial charge is 0.508 e. The molecular formula is C10H10O3S. The highest BCUT2D eigenvalue weighted by atomic mass is 32.2. The number of hydrogen-bond acceptors (Lipinski definition) is 3. The van der Waals surface area contributed by atoms with E-state index in [-0.39, 0.29) is 17.3 Å². The van der Waals surface area contributed by atoms with E-state index >= 15 is 0 Å². The Morgan fingerprint density at radius 1 is 1.29 bits per heavy atom. The summed E-state index contributed by atoms with van der Waals surface area (Å²) in [5, 5.41) is 9.23. The molecule has 1 aromatic carbocycles. The fourth-order valence-corrected chi connectivity index (χ4v) is 2.82. The molecule has 0 aliphatic carbocycles. The van der Waals surface area contributed by atoms with Gasteiger partial charge in [0.25, 0.3) is 0 Å². The average molecular weight is 210 g/mol. The molecule has 0 saturated heterocycles. The molecule has 0 saturated carbocycles. The second-order valence-corrected chi connectivity index (χ2v) is 5.44. The van der Waals surface area contributed by atoms with E-state index in [4.69, 9.17) is 0 Å². The lowest BCUT2D eigenvalue weighted by Crippen LogP contribution is -2.02. The van der Waals surface area contributed by atoms with Crippen LogP contribution < -0.4 is 0 Å². The van der Waals surface area contributed by atoms with Crippen LogP contribution in [0.4, 0.5) is 0 Å². The van der Waals surface area contributed by atoms with Gasteiger partial charge in [0.15, 0.2) is 9.84 Å². The molecular weight excluding hydrogens is 200 g/mol. The first-order chi connectivity index (χ1) is 6.57. The Bertz CT molecular complexity index is 486. The van der Waals surface area contributed by atoms with Gasteiger partial charge in [-0.25, -0.2) is 8.42 Å². The zero-order valence-electron chi connectivity index (χ0n) is 7.47. The lowest BCUT2D eigenvalue weighted by atomic mass is 10.1. The molecule has 1 N–H and O–H groups in total. The lowest BCUT2D eigenvalue weighted by Gasteiger charge is -2.01. The van der Waals surface area contributed by atoms with Gasteiger partial charge in [0.1, 0.15) is 5.75 Å². The van der Waals surface area contributed by atoms with E-state index in [1.807, 2.05) is 0 Å². The summed E-state index contributed by atoms with van der Waals surface area (Å²) in [5.41, 5.74) is 1.56. The van der Waals surface area contributed by atoms with Gasteiger partial charge in [-0.05, 0) is 23.3 Å². The molecule has 14 heavy (non-hydrogen) atoms. The summed E-state index contributed by atoms with van der Waals surface area (Å²) in [6, 6.07) is 6.64. The van der Waals surface area contributed by atoms with Crippen molar-refractivity contribution in [2.24, 2.45) is 0 Å². The van der Waals surface area contributed by atoms with Crippen LogP contribution in [0.5, 0.6) is 5.75 Å². The molecule has 4 heteroatoms. The number of phenolic OH excluding ortho intramolecular Hbond substituents is 1. The summed E-state index contributed by atoms with van der Waals surface area (Å²) < 4.78 is 22.4. The Morgan fingerprint density at radius 3 is 2.64 bits per heavy atom. The maximum absolute atomic E-state index is 11.2. The normalized spacial score (nSPS) is 19.3. The molecule has 0 fully saturated rings. The number of aromatic hydroxyl groups is 1. The Morgan fingerprint density at radius 2 is 2.07 bits per heavy atom. The second-order valence-electron chi connectivity index (χ2n) is 3.33. The Kier molecular flexibility index (Phi) is 2.07. The third-order valence-corrected chi connectivity index (χ3v) is 3.60. The monoisotopic (exact) mass is 210 g/mol. The molecule has 1 aliphatic heterocycles. The summed E-state index contributed by atoms with van der Waals surface area (Å²) in [6.45, 7) is 0. The van der Waals surface area contributed by atoms with Crippen molar-refractivity contribution in [1.29, 1.82) is 0 Å². The van der Waals surface area contributed by atoms with Crippen LogP contribution in [0.25, 0.3) is 5.57 Å². The second kappa shape index (κ2) is 3.13. The fraction of sp³-hybridized carbons (Fsp3) is 0.200. The van der Waals surface area contributed by atoms with Crippen LogP contribution >= 0.6 is 0 Å². The first kappa shape index (κ1) is 9.27. The standard InChI is InChI=1S/C10H10O3S/c11-10-3-1-2-8(6-10)9-4-5-14(12,13)7-9/h1-4,6,11H,5,7H2. The average Bonchev–Trinajstić information content (AvgIpc) is 2.46. The summed E-state index contributed by atoms with van der Waals surface area (Å²) in [4.78, 5) is 0. The number of sulfone groups is 1. The topological polar surface area (TPSA) is 54.4 Å². The third kappa shape index (κ3) is 1.80. The van der Waals surface area contributed by atoms with E-state index in [2.05, 4.69) is 0 Å². The fourth-order valence-electron chi connectivity index (χ4n) is 1.49. The summed E-state index contributed by atoms with van der Waals surface area (Å²) in [6.07, 6.45) is 1.70. The van der Waals surface area contributed by atoms with E-state index < -0.39 is 9.84 Å². The highest BCUT2D eigenvalue weighted by Crippen LogP contribution is 2.24. The quantitative estimate of drug-likeness (QED) is 0.757. The van der Waals surface area contributed by atoms with Gasteiger partial charge in [-0.2, -0.15) is 0 Å². The molecule has 1 aliphatic rings. The summed E-state index contributed by atoms with van der Waals surface area (Å²) in [5.74, 6) is 0.349. The SMILES string of the molecule is O=S1(=O)CC=C(c2cccc(O)c2)C1. The van der Waals surface area contributed by atoms with Gasteiger partial charge in [0, 0.05) is 0 Å². The van der Waals surface area contributed by atoms with Gasteiger partial charge < -0.3 is 5.11 Å². The minimum atomic E-state index is -2.93. The first-order valence-electron chi connectivity index (χ1n) is 4.26. The van der Waals surface area contributed by atoms with Crippen molar-refractivity contribution in [3.05, 3.63) is 35.9 Å². The van der Waals surface area contributed by atoms with Crippen LogP contribution in [0, 0.1) is 0 Å². The molecule has 2 rings (SSSR count). The predicted molar refractivity (Wildman–Crippen MR) is 54.7 cm³/mol. The Balaban J connectivity index is 2.35. The van der Waals surface area contributed by atoms with E-state index in [0.717, 1.165) is 11.1 Å². The highest BCUT2D eigenvalue weighted by Gasteiger charge is 2.20. The zero-order valence-corrected chi connectivity index (χ0v) is 8.29. The first-order valence-corrected chi connectivity index (χ1v) is 6.08. The van der Waals surface area contributed by atoms with E-state index in [1.54, 1.807) is 30.3 Å². The maximum Gasteiger partial charge on any atom is 0.158 e. The van der Waals surface area contributed by atoms with Crippen molar-refractivity contribution < 1.29 is 13.5 Å². The van der Waals surface area contributed by atoms with Crippen LogP contribution in [0.15, 0.2) is 30.3 Å². The van der Waals surface area contributed by atoms with Gasteiger partial charge in [0.05, 0.1) is 11.5 Å². The molecule has 1 heterocycles. The molecule has 1 aromatic rings. The third-order valence-electron chi connectivity index (χ3n) is 2.18. The van der Waals surface area contributed by atoms with Crippen molar-refractivity contribution in [2.75, 3.05) is 11.5 Å². The summed E-state index contributed by atoms with van der Waals surface area (Å²) in [7, 11) is -2.93. The summed E-state index contributed by atoms with van der Waals surface area (Å²) >= 11 is 0. The highest BCUT2D eigenvalue weighted by molar-refractivity contribution is 7.92. The van der Waals surface area contributed by atoms with E-state index in [1.165, 1.54) is 0 Å². The van der Waals surface area contributed by atoms with Crippen LogP contribution in [0.2, 0.25) is 0 Å². The Labute approximate surface area is 82.6 Å². The van der Waals surface area contributed by atoms with Crippen molar-refractivity contribution in [1.82, 2.24) is 0 Å². The number of rotatable bonds is 1.